The normalized spacial score (nSPS) is 13.0. The summed E-state index contributed by atoms with van der Waals surface area (Å²) in [4.78, 5) is 0.214. The van der Waals surface area contributed by atoms with Gasteiger partial charge < -0.3 is 5.11 Å². The molecule has 0 aliphatic heterocycles. The molecule has 4 nitrogen and oxygen atoms in total. The summed E-state index contributed by atoms with van der Waals surface area (Å²) in [5.41, 5.74) is 2.02. The van der Waals surface area contributed by atoms with E-state index in [-0.39, 0.29) is 17.4 Å². The number of nitrogens with one attached hydrogen (secondary N) is 1. The van der Waals surface area contributed by atoms with Crippen LogP contribution >= 0.6 is 15.9 Å². The van der Waals surface area contributed by atoms with E-state index in [2.05, 4.69) is 20.7 Å². The van der Waals surface area contributed by atoms with E-state index in [1.807, 2.05) is 30.3 Å². The van der Waals surface area contributed by atoms with E-state index < -0.39 is 10.0 Å². The third-order valence-electron chi connectivity index (χ3n) is 3.56. The van der Waals surface area contributed by atoms with Gasteiger partial charge in [0.2, 0.25) is 10.0 Å². The molecule has 0 fully saturated rings. The van der Waals surface area contributed by atoms with Gasteiger partial charge in [0, 0.05) is 10.4 Å². The van der Waals surface area contributed by atoms with E-state index in [4.69, 9.17) is 0 Å². The highest BCUT2D eigenvalue weighted by Crippen LogP contribution is 2.27. The minimum Gasteiger partial charge on any atom is -0.396 e. The topological polar surface area (TPSA) is 66.4 Å². The van der Waals surface area contributed by atoms with Crippen LogP contribution in [0.2, 0.25) is 0 Å². The molecule has 2 N–H and O–H groups in total. The summed E-state index contributed by atoms with van der Waals surface area (Å²) in [6.07, 6.45) is 0.626. The fraction of sp³-hybridized carbons (Fsp3) is 0.250. The molecule has 0 saturated carbocycles. The van der Waals surface area contributed by atoms with Crippen molar-refractivity contribution < 1.29 is 13.5 Å². The summed E-state index contributed by atoms with van der Waals surface area (Å²) in [5.74, 6) is -0.0238. The molecule has 0 heterocycles. The number of rotatable bonds is 6. The molecule has 0 saturated heterocycles. The number of aliphatic hydroxyl groups is 1. The molecule has 0 amide bonds. The average Bonchev–Trinajstić information content (AvgIpc) is 2.54. The van der Waals surface area contributed by atoms with Crippen LogP contribution in [0.15, 0.2) is 57.9 Å². The van der Waals surface area contributed by atoms with Crippen molar-refractivity contribution in [2.75, 3.05) is 13.7 Å². The van der Waals surface area contributed by atoms with Crippen LogP contribution in [0.4, 0.5) is 0 Å². The molecule has 2 aromatic rings. The molecule has 6 heteroatoms. The maximum Gasteiger partial charge on any atom is 0.240 e. The maximum atomic E-state index is 11.8. The number of aliphatic hydroxyl groups excluding tert-OH is 1. The zero-order valence-corrected chi connectivity index (χ0v) is 14.6. The Morgan fingerprint density at radius 1 is 1.18 bits per heavy atom. The van der Waals surface area contributed by atoms with Gasteiger partial charge in [0.1, 0.15) is 0 Å². The van der Waals surface area contributed by atoms with Crippen LogP contribution in [0.25, 0.3) is 0 Å². The highest BCUT2D eigenvalue weighted by Gasteiger charge is 2.16. The van der Waals surface area contributed by atoms with E-state index in [9.17, 15) is 13.5 Å². The Kier molecular flexibility index (Phi) is 5.74. The van der Waals surface area contributed by atoms with E-state index in [1.165, 1.54) is 7.05 Å². The van der Waals surface area contributed by atoms with Crippen LogP contribution in [-0.2, 0) is 16.4 Å². The minimum atomic E-state index is -3.45. The number of hydrogen-bond donors (Lipinski definition) is 2. The molecular weight excluding hydrogens is 366 g/mol. The molecule has 1 atom stereocenters. The summed E-state index contributed by atoms with van der Waals surface area (Å²) in [7, 11) is -2.07. The molecule has 2 aromatic carbocycles. The maximum absolute atomic E-state index is 11.8. The van der Waals surface area contributed by atoms with Gasteiger partial charge in [-0.2, -0.15) is 0 Å². The monoisotopic (exact) mass is 383 g/mol. The standard InChI is InChI=1S/C16H18BrNO3S/c1-18-22(20,21)15-8-7-13(16(17)10-15)9-14(11-19)12-5-3-2-4-6-12/h2-8,10,14,18-19H,9,11H2,1H3/t14-/m1/s1. The minimum absolute atomic E-state index is 0.0238. The van der Waals surface area contributed by atoms with Gasteiger partial charge in [0.05, 0.1) is 11.5 Å². The Morgan fingerprint density at radius 2 is 1.86 bits per heavy atom. The Labute approximate surface area is 139 Å². The smallest absolute Gasteiger partial charge is 0.240 e. The van der Waals surface area contributed by atoms with Crippen LogP contribution in [0.1, 0.15) is 17.0 Å². The fourth-order valence-electron chi connectivity index (χ4n) is 2.26. The van der Waals surface area contributed by atoms with E-state index in [0.717, 1.165) is 15.6 Å². The summed E-state index contributed by atoms with van der Waals surface area (Å²) >= 11 is 3.43. The second-order valence-electron chi connectivity index (χ2n) is 4.96. The van der Waals surface area contributed by atoms with Crippen molar-refractivity contribution in [2.45, 2.75) is 17.2 Å². The van der Waals surface area contributed by atoms with Gasteiger partial charge in [0.15, 0.2) is 0 Å². The number of halogens is 1. The van der Waals surface area contributed by atoms with Crippen molar-refractivity contribution in [3.8, 4) is 0 Å². The van der Waals surface area contributed by atoms with Crippen molar-refractivity contribution in [2.24, 2.45) is 0 Å². The lowest BCUT2D eigenvalue weighted by molar-refractivity contribution is 0.264. The van der Waals surface area contributed by atoms with Gasteiger partial charge in [0.25, 0.3) is 0 Å². The lowest BCUT2D eigenvalue weighted by Gasteiger charge is -2.16. The SMILES string of the molecule is CNS(=O)(=O)c1ccc(C[C@H](CO)c2ccccc2)c(Br)c1. The first-order valence-electron chi connectivity index (χ1n) is 6.85. The first-order valence-corrected chi connectivity index (χ1v) is 9.13. The fourth-order valence-corrected chi connectivity index (χ4v) is 3.71. The van der Waals surface area contributed by atoms with Gasteiger partial charge in [-0.1, -0.05) is 52.3 Å². The van der Waals surface area contributed by atoms with Crippen LogP contribution in [0, 0.1) is 0 Å². The van der Waals surface area contributed by atoms with Crippen molar-refractivity contribution >= 4 is 26.0 Å². The molecule has 2 rings (SSSR count). The Bertz CT molecular complexity index is 732. The third kappa shape index (κ3) is 3.95. The highest BCUT2D eigenvalue weighted by atomic mass is 79.9. The summed E-state index contributed by atoms with van der Waals surface area (Å²) in [6, 6.07) is 14.7. The zero-order chi connectivity index (χ0) is 16.2. The van der Waals surface area contributed by atoms with Gasteiger partial charge in [-0.15, -0.1) is 0 Å². The zero-order valence-electron chi connectivity index (χ0n) is 12.2. The van der Waals surface area contributed by atoms with Crippen LogP contribution < -0.4 is 4.72 Å². The molecule has 118 valence electrons. The van der Waals surface area contributed by atoms with E-state index in [1.54, 1.807) is 18.2 Å². The van der Waals surface area contributed by atoms with Gasteiger partial charge in [-0.3, -0.25) is 0 Å². The lowest BCUT2D eigenvalue weighted by Crippen LogP contribution is -2.18. The largest absolute Gasteiger partial charge is 0.396 e. The molecular formula is C16H18BrNO3S. The first-order chi connectivity index (χ1) is 10.5. The van der Waals surface area contributed by atoms with Crippen molar-refractivity contribution in [3.05, 3.63) is 64.1 Å². The Hall–Kier alpha value is -1.21. The van der Waals surface area contributed by atoms with Gasteiger partial charge in [-0.05, 0) is 36.7 Å². The highest BCUT2D eigenvalue weighted by molar-refractivity contribution is 9.10. The van der Waals surface area contributed by atoms with Crippen LogP contribution in [0.3, 0.4) is 0 Å². The quantitative estimate of drug-likeness (QED) is 0.805. The van der Waals surface area contributed by atoms with Crippen molar-refractivity contribution in [1.29, 1.82) is 0 Å². The molecule has 22 heavy (non-hydrogen) atoms. The third-order valence-corrected chi connectivity index (χ3v) is 5.71. The van der Waals surface area contributed by atoms with E-state index >= 15 is 0 Å². The molecule has 0 aromatic heterocycles. The molecule has 0 aliphatic rings. The molecule has 0 spiro atoms. The van der Waals surface area contributed by atoms with Gasteiger partial charge >= 0.3 is 0 Å². The predicted octanol–water partition coefficient (Wildman–Crippen LogP) is 2.68. The Balaban J connectivity index is 2.27. The molecule has 0 aliphatic carbocycles. The number of hydrogen-bond acceptors (Lipinski definition) is 3. The average molecular weight is 384 g/mol. The van der Waals surface area contributed by atoms with Crippen LogP contribution in [-0.4, -0.2) is 27.2 Å². The predicted molar refractivity (Wildman–Crippen MR) is 90.4 cm³/mol. The van der Waals surface area contributed by atoms with Gasteiger partial charge in [-0.25, -0.2) is 13.1 Å². The summed E-state index contributed by atoms with van der Waals surface area (Å²) in [5, 5.41) is 9.63. The Morgan fingerprint density at radius 3 is 2.41 bits per heavy atom. The second-order valence-corrected chi connectivity index (χ2v) is 7.70. The number of benzene rings is 2. The van der Waals surface area contributed by atoms with E-state index in [0.29, 0.717) is 6.42 Å². The van der Waals surface area contributed by atoms with Crippen molar-refractivity contribution in [3.63, 3.8) is 0 Å². The van der Waals surface area contributed by atoms with Crippen molar-refractivity contribution in [1.82, 2.24) is 4.72 Å². The lowest BCUT2D eigenvalue weighted by atomic mass is 9.93. The molecule has 0 unspecified atom stereocenters. The summed E-state index contributed by atoms with van der Waals surface area (Å²) in [6.45, 7) is 0.0347. The molecule has 0 bridgehead atoms. The second kappa shape index (κ2) is 7.37. The first kappa shape index (κ1) is 17.1. The van der Waals surface area contributed by atoms with Crippen LogP contribution in [0.5, 0.6) is 0 Å². The summed E-state index contributed by atoms with van der Waals surface area (Å²) < 4.78 is 26.6. The number of sulfonamides is 1. The molecule has 0 radical (unpaired) electrons.